The predicted molar refractivity (Wildman–Crippen MR) is 142 cm³/mol. The van der Waals surface area contributed by atoms with Crippen molar-refractivity contribution in [2.24, 2.45) is 0 Å². The zero-order chi connectivity index (χ0) is 30.7. The average molecular weight is 588 g/mol. The minimum absolute atomic E-state index is 0.0222. The number of carbonyl (C=O) groups excluding carboxylic acids is 2. The van der Waals surface area contributed by atoms with E-state index in [0.717, 1.165) is 18.2 Å². The summed E-state index contributed by atoms with van der Waals surface area (Å²) in [5.74, 6) is -0.852. The Morgan fingerprint density at radius 3 is 2.14 bits per heavy atom. The van der Waals surface area contributed by atoms with Gasteiger partial charge in [-0.2, -0.15) is 13.2 Å². The van der Waals surface area contributed by atoms with Crippen LogP contribution in [0.25, 0.3) is 6.08 Å². The maximum Gasteiger partial charge on any atom is 0.389 e. The van der Waals surface area contributed by atoms with Gasteiger partial charge in [0.1, 0.15) is 11.5 Å². The molecular weight excluding hydrogens is 565 g/mol. The summed E-state index contributed by atoms with van der Waals surface area (Å²) >= 11 is 0. The van der Waals surface area contributed by atoms with Gasteiger partial charge in [-0.25, -0.2) is 9.59 Å². The molecule has 0 spiro atoms. The standard InChI is InChI=1S/C28H23F3N2O9/c29-28(30,31)15-1-16-40-23-11-6-21(7-12-23)27(35)42-24-9-2-19(3-10-24)4-13-26(34)41-17-14-20-5-8-22(32(36)37)18-25(20)33(38)39/h2-13,18H,1,14-17H2/b13-4+. The summed E-state index contributed by atoms with van der Waals surface area (Å²) in [7, 11) is 0. The van der Waals surface area contributed by atoms with Crippen molar-refractivity contribution in [3.05, 3.63) is 110 Å². The number of ether oxygens (including phenoxy) is 3. The molecule has 0 N–H and O–H groups in total. The summed E-state index contributed by atoms with van der Waals surface area (Å²) in [6.07, 6.45) is -2.82. The summed E-state index contributed by atoms with van der Waals surface area (Å²) in [6.45, 7) is -0.309. The van der Waals surface area contributed by atoms with E-state index in [1.807, 2.05) is 0 Å². The highest BCUT2D eigenvalue weighted by atomic mass is 19.4. The van der Waals surface area contributed by atoms with Gasteiger partial charge in [-0.1, -0.05) is 12.1 Å². The highest BCUT2D eigenvalue weighted by Gasteiger charge is 2.26. The monoisotopic (exact) mass is 588 g/mol. The van der Waals surface area contributed by atoms with Crippen molar-refractivity contribution >= 4 is 29.4 Å². The van der Waals surface area contributed by atoms with E-state index in [1.54, 1.807) is 12.1 Å². The van der Waals surface area contributed by atoms with Gasteiger partial charge in [-0.05, 0) is 60.5 Å². The van der Waals surface area contributed by atoms with E-state index in [1.165, 1.54) is 48.5 Å². The van der Waals surface area contributed by atoms with Crippen molar-refractivity contribution in [3.63, 3.8) is 0 Å². The van der Waals surface area contributed by atoms with Crippen LogP contribution in [0.4, 0.5) is 24.5 Å². The number of hydrogen-bond acceptors (Lipinski definition) is 9. The predicted octanol–water partition coefficient (Wildman–Crippen LogP) is 6.24. The molecule has 3 rings (SSSR count). The van der Waals surface area contributed by atoms with Crippen LogP contribution in [0.3, 0.4) is 0 Å². The molecule has 0 aliphatic carbocycles. The number of nitro groups is 2. The first-order valence-electron chi connectivity index (χ1n) is 12.3. The number of alkyl halides is 3. The van der Waals surface area contributed by atoms with Crippen LogP contribution in [-0.4, -0.2) is 41.2 Å². The smallest absolute Gasteiger partial charge is 0.389 e. The molecule has 0 aliphatic rings. The van der Waals surface area contributed by atoms with Crippen LogP contribution >= 0.6 is 0 Å². The summed E-state index contributed by atoms with van der Waals surface area (Å²) in [6, 6.07) is 15.1. The van der Waals surface area contributed by atoms with Crippen LogP contribution in [0.5, 0.6) is 11.5 Å². The van der Waals surface area contributed by atoms with Gasteiger partial charge < -0.3 is 14.2 Å². The maximum absolute atomic E-state index is 12.4. The lowest BCUT2D eigenvalue weighted by Gasteiger charge is -2.09. The van der Waals surface area contributed by atoms with Gasteiger partial charge in [0.25, 0.3) is 11.4 Å². The molecule has 0 saturated carbocycles. The number of non-ortho nitro benzene ring substituents is 1. The zero-order valence-electron chi connectivity index (χ0n) is 21.7. The van der Waals surface area contributed by atoms with E-state index < -0.39 is 45.8 Å². The number of hydrogen-bond donors (Lipinski definition) is 0. The highest BCUT2D eigenvalue weighted by Crippen LogP contribution is 2.25. The third-order valence-corrected chi connectivity index (χ3v) is 5.56. The second kappa shape index (κ2) is 14.4. The van der Waals surface area contributed by atoms with E-state index in [-0.39, 0.29) is 42.9 Å². The van der Waals surface area contributed by atoms with Crippen LogP contribution in [0, 0.1) is 20.2 Å². The molecule has 0 unspecified atom stereocenters. The molecule has 0 saturated heterocycles. The molecule has 11 nitrogen and oxygen atoms in total. The van der Waals surface area contributed by atoms with Crippen LogP contribution in [0.2, 0.25) is 0 Å². The first-order valence-corrected chi connectivity index (χ1v) is 12.3. The van der Waals surface area contributed by atoms with Crippen LogP contribution in [0.1, 0.15) is 34.3 Å². The first-order chi connectivity index (χ1) is 19.9. The SMILES string of the molecule is O=C(/C=C/c1ccc(OC(=O)c2ccc(OCCCC(F)(F)F)cc2)cc1)OCCc1ccc([N+](=O)[O-])cc1[N+](=O)[O-]. The molecule has 0 radical (unpaired) electrons. The van der Waals surface area contributed by atoms with Crippen molar-refractivity contribution in [2.45, 2.75) is 25.4 Å². The topological polar surface area (TPSA) is 148 Å². The molecule has 14 heteroatoms. The fourth-order valence-electron chi connectivity index (χ4n) is 3.48. The van der Waals surface area contributed by atoms with Gasteiger partial charge in [-0.15, -0.1) is 0 Å². The Balaban J connectivity index is 1.45. The Hall–Kier alpha value is -5.27. The van der Waals surface area contributed by atoms with Crippen LogP contribution in [0.15, 0.2) is 72.8 Å². The van der Waals surface area contributed by atoms with Crippen molar-refractivity contribution in [1.82, 2.24) is 0 Å². The van der Waals surface area contributed by atoms with Crippen molar-refractivity contribution < 1.29 is 46.8 Å². The lowest BCUT2D eigenvalue weighted by atomic mass is 10.1. The Kier molecular flexibility index (Phi) is 10.7. The average Bonchev–Trinajstić information content (AvgIpc) is 2.94. The van der Waals surface area contributed by atoms with Gasteiger partial charge in [0.2, 0.25) is 0 Å². The van der Waals surface area contributed by atoms with Crippen LogP contribution in [-0.2, 0) is 16.0 Å². The summed E-state index contributed by atoms with van der Waals surface area (Å²) in [4.78, 5) is 44.9. The van der Waals surface area contributed by atoms with E-state index in [9.17, 15) is 43.0 Å². The van der Waals surface area contributed by atoms with Crippen molar-refractivity contribution in [2.75, 3.05) is 13.2 Å². The Bertz CT molecular complexity index is 1450. The van der Waals surface area contributed by atoms with Gasteiger partial charge in [0.05, 0.1) is 34.7 Å². The third kappa shape index (κ3) is 10.0. The molecule has 3 aromatic rings. The number of nitro benzene ring substituents is 2. The molecular formula is C28H23F3N2O9. The number of benzene rings is 3. The normalized spacial score (nSPS) is 11.2. The van der Waals surface area contributed by atoms with Gasteiger partial charge in [-0.3, -0.25) is 20.2 Å². The summed E-state index contributed by atoms with van der Waals surface area (Å²) in [5, 5.41) is 22.0. The number of esters is 2. The van der Waals surface area contributed by atoms with E-state index in [4.69, 9.17) is 14.2 Å². The summed E-state index contributed by atoms with van der Waals surface area (Å²) < 4.78 is 52.1. The van der Waals surface area contributed by atoms with Gasteiger partial charge >= 0.3 is 18.1 Å². The quantitative estimate of drug-likeness (QED) is 0.0565. The van der Waals surface area contributed by atoms with Gasteiger partial charge in [0.15, 0.2) is 0 Å². The highest BCUT2D eigenvalue weighted by molar-refractivity contribution is 5.91. The van der Waals surface area contributed by atoms with Crippen LogP contribution < -0.4 is 9.47 Å². The Labute approximate surface area is 236 Å². The fraction of sp³-hybridized carbons (Fsp3) is 0.214. The lowest BCUT2D eigenvalue weighted by Crippen LogP contribution is -2.10. The number of carbonyl (C=O) groups is 2. The number of nitrogens with zero attached hydrogens (tertiary/aromatic N) is 2. The number of rotatable bonds is 13. The van der Waals surface area contributed by atoms with E-state index in [2.05, 4.69) is 0 Å². The van der Waals surface area contributed by atoms with Crippen molar-refractivity contribution in [1.29, 1.82) is 0 Å². The van der Waals surface area contributed by atoms with E-state index in [0.29, 0.717) is 11.3 Å². The fourth-order valence-corrected chi connectivity index (χ4v) is 3.48. The molecule has 0 fully saturated rings. The Morgan fingerprint density at radius 1 is 0.857 bits per heavy atom. The maximum atomic E-state index is 12.4. The lowest BCUT2D eigenvalue weighted by molar-refractivity contribution is -0.394. The molecule has 0 bridgehead atoms. The molecule has 0 aliphatic heterocycles. The minimum atomic E-state index is -4.24. The molecule has 0 atom stereocenters. The second-order valence-electron chi connectivity index (χ2n) is 8.63. The molecule has 220 valence electrons. The first kappa shape index (κ1) is 31.3. The third-order valence-electron chi connectivity index (χ3n) is 5.56. The summed E-state index contributed by atoms with van der Waals surface area (Å²) in [5.41, 5.74) is 0.0832. The van der Waals surface area contributed by atoms with Crippen molar-refractivity contribution in [3.8, 4) is 11.5 Å². The van der Waals surface area contributed by atoms with Gasteiger partial charge in [0, 0.05) is 30.5 Å². The molecule has 0 aromatic heterocycles. The second-order valence-corrected chi connectivity index (χ2v) is 8.63. The van der Waals surface area contributed by atoms with E-state index >= 15 is 0 Å². The molecule has 3 aromatic carbocycles. The zero-order valence-corrected chi connectivity index (χ0v) is 21.7. The number of halogens is 3. The minimum Gasteiger partial charge on any atom is -0.494 e. The Morgan fingerprint density at radius 2 is 1.52 bits per heavy atom. The largest absolute Gasteiger partial charge is 0.494 e. The molecule has 0 amide bonds. The molecule has 0 heterocycles. The molecule has 42 heavy (non-hydrogen) atoms.